The molecule has 0 radical (unpaired) electrons. The second-order valence-corrected chi connectivity index (χ2v) is 4.98. The van der Waals surface area contributed by atoms with Gasteiger partial charge in [-0.15, -0.1) is 0 Å². The molecule has 0 aliphatic heterocycles. The molecule has 0 unspecified atom stereocenters. The van der Waals surface area contributed by atoms with Gasteiger partial charge in [0.1, 0.15) is 16.9 Å². The summed E-state index contributed by atoms with van der Waals surface area (Å²) in [4.78, 5) is 20.6. The first kappa shape index (κ1) is 13.3. The van der Waals surface area contributed by atoms with E-state index < -0.39 is 5.97 Å². The van der Waals surface area contributed by atoms with Crippen LogP contribution in [0.1, 0.15) is 10.5 Å². The lowest BCUT2D eigenvalue weighted by Gasteiger charge is -2.08. The molecule has 0 saturated carbocycles. The molecule has 0 bridgehead atoms. The minimum absolute atomic E-state index is 0.0980. The Hall–Kier alpha value is -3.35. The Balaban J connectivity index is 2.03. The van der Waals surface area contributed by atoms with Gasteiger partial charge in [0.15, 0.2) is 5.58 Å². The number of carbonyl (C=O) groups excluding carboxylic acids is 1. The van der Waals surface area contributed by atoms with E-state index in [0.717, 1.165) is 11.1 Å². The van der Waals surface area contributed by atoms with Crippen molar-refractivity contribution in [1.82, 2.24) is 14.5 Å². The number of methoxy groups -OCH3 is 1. The summed E-state index contributed by atoms with van der Waals surface area (Å²) in [5.74, 6) is -0.442. The summed E-state index contributed by atoms with van der Waals surface area (Å²) in [6, 6.07) is 10.9. The number of benzene rings is 1. The average Bonchev–Trinajstić information content (AvgIpc) is 3.12. The average molecular weight is 308 g/mol. The smallest absolute Gasteiger partial charge is 0.355 e. The number of fused-ring (bicyclic) bond motifs is 2. The maximum atomic E-state index is 12.1. The molecule has 0 atom stereocenters. The summed E-state index contributed by atoms with van der Waals surface area (Å²) < 4.78 is 11.9. The number of hydrogen-bond acceptors (Lipinski definition) is 6. The topological polar surface area (TPSA) is 96.2 Å². The van der Waals surface area contributed by atoms with Crippen molar-refractivity contribution in [3.05, 3.63) is 48.3 Å². The second kappa shape index (κ2) is 4.84. The molecule has 4 aromatic rings. The molecule has 1 aromatic carbocycles. The van der Waals surface area contributed by atoms with Gasteiger partial charge in [0, 0.05) is 11.6 Å². The quantitative estimate of drug-likeness (QED) is 0.572. The first-order valence-corrected chi connectivity index (χ1v) is 6.88. The minimum Gasteiger partial charge on any atom is -0.464 e. The van der Waals surface area contributed by atoms with E-state index in [-0.39, 0.29) is 6.01 Å². The van der Waals surface area contributed by atoms with Crippen molar-refractivity contribution in [2.24, 2.45) is 0 Å². The number of anilines is 1. The standard InChI is InChI=1S/C16H12N4O3/c1-22-15(21)12-7-9-3-2-6-18-14(9)20(12)10-4-5-13-11(8-10)19-16(17)23-13/h2-8H,1H3,(H2,17,19). The first-order valence-electron chi connectivity index (χ1n) is 6.88. The molecule has 2 N–H and O–H groups in total. The normalized spacial score (nSPS) is 11.2. The molecule has 0 aliphatic rings. The highest BCUT2D eigenvalue weighted by atomic mass is 16.5. The van der Waals surface area contributed by atoms with Crippen LogP contribution in [0.2, 0.25) is 0 Å². The zero-order chi connectivity index (χ0) is 16.0. The number of hydrogen-bond donors (Lipinski definition) is 1. The zero-order valence-electron chi connectivity index (χ0n) is 12.2. The van der Waals surface area contributed by atoms with Crippen LogP contribution in [0.4, 0.5) is 6.01 Å². The Morgan fingerprint density at radius 2 is 2.17 bits per heavy atom. The Labute approximate surface area is 130 Å². The van der Waals surface area contributed by atoms with Gasteiger partial charge in [0.05, 0.1) is 12.8 Å². The van der Waals surface area contributed by atoms with Gasteiger partial charge in [-0.2, -0.15) is 4.98 Å². The van der Waals surface area contributed by atoms with Crippen LogP contribution >= 0.6 is 0 Å². The maximum absolute atomic E-state index is 12.1. The fourth-order valence-electron chi connectivity index (χ4n) is 2.62. The third-order valence-electron chi connectivity index (χ3n) is 3.60. The summed E-state index contributed by atoms with van der Waals surface area (Å²) >= 11 is 0. The predicted octanol–water partition coefficient (Wildman–Crippen LogP) is 2.54. The minimum atomic E-state index is -0.442. The second-order valence-electron chi connectivity index (χ2n) is 4.98. The van der Waals surface area contributed by atoms with Crippen LogP contribution in [0.25, 0.3) is 27.8 Å². The van der Waals surface area contributed by atoms with Crippen molar-refractivity contribution < 1.29 is 13.9 Å². The molecular weight excluding hydrogens is 296 g/mol. The summed E-state index contributed by atoms with van der Waals surface area (Å²) in [6.07, 6.45) is 1.67. The molecule has 0 spiro atoms. The maximum Gasteiger partial charge on any atom is 0.355 e. The van der Waals surface area contributed by atoms with Gasteiger partial charge in [-0.3, -0.25) is 4.57 Å². The van der Waals surface area contributed by atoms with E-state index in [2.05, 4.69) is 9.97 Å². The highest BCUT2D eigenvalue weighted by Gasteiger charge is 2.18. The van der Waals surface area contributed by atoms with Crippen molar-refractivity contribution in [2.75, 3.05) is 12.8 Å². The number of carbonyl (C=O) groups is 1. The third-order valence-corrected chi connectivity index (χ3v) is 3.60. The van der Waals surface area contributed by atoms with Gasteiger partial charge >= 0.3 is 5.97 Å². The van der Waals surface area contributed by atoms with Gasteiger partial charge < -0.3 is 14.9 Å². The number of rotatable bonds is 2. The van der Waals surface area contributed by atoms with E-state index in [1.165, 1.54) is 7.11 Å². The highest BCUT2D eigenvalue weighted by Crippen LogP contribution is 2.26. The van der Waals surface area contributed by atoms with Crippen molar-refractivity contribution in [3.63, 3.8) is 0 Å². The van der Waals surface area contributed by atoms with Gasteiger partial charge in [-0.05, 0) is 36.4 Å². The molecule has 0 aliphatic carbocycles. The number of ether oxygens (including phenoxy) is 1. The number of nitrogens with zero attached hydrogens (tertiary/aromatic N) is 3. The number of nitrogens with two attached hydrogens (primary N) is 1. The monoisotopic (exact) mass is 308 g/mol. The number of aromatic nitrogens is 3. The lowest BCUT2D eigenvalue weighted by molar-refractivity contribution is 0.0592. The van der Waals surface area contributed by atoms with Crippen LogP contribution in [0.15, 0.2) is 47.0 Å². The van der Waals surface area contributed by atoms with Crippen LogP contribution in [0.5, 0.6) is 0 Å². The molecule has 0 saturated heterocycles. The fraction of sp³-hybridized carbons (Fsp3) is 0.0625. The molecule has 3 heterocycles. The molecule has 0 fully saturated rings. The number of oxazole rings is 1. The van der Waals surface area contributed by atoms with Crippen LogP contribution in [0.3, 0.4) is 0 Å². The van der Waals surface area contributed by atoms with Crippen LogP contribution in [0, 0.1) is 0 Å². The lowest BCUT2D eigenvalue weighted by Crippen LogP contribution is -2.09. The molecular formula is C16H12N4O3. The Kier molecular flexibility index (Phi) is 2.80. The van der Waals surface area contributed by atoms with E-state index in [0.29, 0.717) is 22.4 Å². The SMILES string of the molecule is COC(=O)c1cc2cccnc2n1-c1ccc2oc(N)nc2c1. The van der Waals surface area contributed by atoms with E-state index in [9.17, 15) is 4.79 Å². The summed E-state index contributed by atoms with van der Waals surface area (Å²) in [5, 5.41) is 0.840. The lowest BCUT2D eigenvalue weighted by atomic mass is 10.2. The van der Waals surface area contributed by atoms with Crippen LogP contribution < -0.4 is 5.73 Å². The van der Waals surface area contributed by atoms with E-state index in [4.69, 9.17) is 14.9 Å². The van der Waals surface area contributed by atoms with E-state index in [1.807, 2.05) is 18.2 Å². The molecule has 3 aromatic heterocycles. The first-order chi connectivity index (χ1) is 11.2. The van der Waals surface area contributed by atoms with Gasteiger partial charge in [-0.25, -0.2) is 9.78 Å². The molecule has 7 heteroatoms. The van der Waals surface area contributed by atoms with Crippen molar-refractivity contribution >= 4 is 34.1 Å². The molecule has 0 amide bonds. The molecule has 23 heavy (non-hydrogen) atoms. The van der Waals surface area contributed by atoms with Crippen molar-refractivity contribution in [3.8, 4) is 5.69 Å². The van der Waals surface area contributed by atoms with Crippen LogP contribution in [-0.2, 0) is 4.74 Å². The van der Waals surface area contributed by atoms with Gasteiger partial charge in [0.2, 0.25) is 0 Å². The molecule has 4 rings (SSSR count). The van der Waals surface area contributed by atoms with Gasteiger partial charge in [-0.1, -0.05) is 0 Å². The highest BCUT2D eigenvalue weighted by molar-refractivity contribution is 5.96. The van der Waals surface area contributed by atoms with Crippen LogP contribution in [-0.4, -0.2) is 27.6 Å². The summed E-state index contributed by atoms with van der Waals surface area (Å²) in [5.41, 5.74) is 8.53. The van der Waals surface area contributed by atoms with Gasteiger partial charge in [0.25, 0.3) is 6.01 Å². The molecule has 7 nitrogen and oxygen atoms in total. The number of esters is 1. The number of pyridine rings is 1. The zero-order valence-corrected chi connectivity index (χ0v) is 12.2. The Morgan fingerprint density at radius 3 is 3.00 bits per heavy atom. The summed E-state index contributed by atoms with van der Waals surface area (Å²) in [7, 11) is 1.35. The largest absolute Gasteiger partial charge is 0.464 e. The molecule has 114 valence electrons. The fourth-order valence-corrected chi connectivity index (χ4v) is 2.62. The van der Waals surface area contributed by atoms with E-state index >= 15 is 0 Å². The Bertz CT molecular complexity index is 1050. The van der Waals surface area contributed by atoms with Crippen molar-refractivity contribution in [1.29, 1.82) is 0 Å². The summed E-state index contributed by atoms with van der Waals surface area (Å²) in [6.45, 7) is 0. The third kappa shape index (κ3) is 2.02. The van der Waals surface area contributed by atoms with Crippen molar-refractivity contribution in [2.45, 2.75) is 0 Å². The Morgan fingerprint density at radius 1 is 1.30 bits per heavy atom. The van der Waals surface area contributed by atoms with E-state index in [1.54, 1.807) is 29.0 Å². The number of nitrogen functional groups attached to an aromatic ring is 1. The predicted molar refractivity (Wildman–Crippen MR) is 84.4 cm³/mol.